The lowest BCUT2D eigenvalue weighted by Crippen LogP contribution is -2.24. The Kier molecular flexibility index (Phi) is 8.88. The van der Waals surface area contributed by atoms with E-state index in [1.165, 1.54) is 0 Å². The van der Waals surface area contributed by atoms with Crippen LogP contribution in [-0.2, 0) is 0 Å². The Morgan fingerprint density at radius 3 is 1.18 bits per heavy atom. The molecule has 2 aromatic rings. The third kappa shape index (κ3) is 8.61. The Hall–Kier alpha value is -3.68. The van der Waals surface area contributed by atoms with E-state index in [1.54, 1.807) is 0 Å². The van der Waals surface area contributed by atoms with Crippen molar-refractivity contribution in [2.45, 2.75) is 0 Å². The minimum Gasteiger partial charge on any atom is -0.545 e. The van der Waals surface area contributed by atoms with Crippen LogP contribution in [0.5, 0.6) is 0 Å². The molecule has 0 fully saturated rings. The van der Waals surface area contributed by atoms with Gasteiger partial charge in [0.2, 0.25) is 12.7 Å². The smallest absolute Gasteiger partial charge is 0.236 e. The SMILES string of the molecule is C[N+](C)=CNc1ccc(NC=[N+](C)C)cc1.O=C([O-])c1ccc(C(=O)[O-])cc1. The lowest BCUT2D eigenvalue weighted by molar-refractivity contribution is -0.459. The molecule has 0 bridgehead atoms. The molecule has 0 aliphatic carbocycles. The molecule has 0 aliphatic rings. The van der Waals surface area contributed by atoms with Crippen molar-refractivity contribution in [1.82, 2.24) is 0 Å². The summed E-state index contributed by atoms with van der Waals surface area (Å²) in [5.41, 5.74) is 2.04. The Morgan fingerprint density at radius 1 is 0.679 bits per heavy atom. The first-order valence-electron chi connectivity index (χ1n) is 8.34. The summed E-state index contributed by atoms with van der Waals surface area (Å²) >= 11 is 0. The highest BCUT2D eigenvalue weighted by Gasteiger charge is 1.98. The second-order valence-corrected chi connectivity index (χ2v) is 6.20. The van der Waals surface area contributed by atoms with E-state index in [0.29, 0.717) is 0 Å². The molecule has 0 radical (unpaired) electrons. The molecule has 0 amide bonds. The summed E-state index contributed by atoms with van der Waals surface area (Å²) in [6.07, 6.45) is 3.82. The summed E-state index contributed by atoms with van der Waals surface area (Å²) in [5, 5.41) is 26.8. The van der Waals surface area contributed by atoms with Gasteiger partial charge in [-0.25, -0.2) is 10.6 Å². The fourth-order valence-electron chi connectivity index (χ4n) is 1.81. The van der Waals surface area contributed by atoms with Crippen LogP contribution in [0.1, 0.15) is 20.7 Å². The molecular formula is C20H24N4O4. The van der Waals surface area contributed by atoms with Gasteiger partial charge < -0.3 is 19.8 Å². The summed E-state index contributed by atoms with van der Waals surface area (Å²) in [5.74, 6) is -2.67. The highest BCUT2D eigenvalue weighted by atomic mass is 16.4. The van der Waals surface area contributed by atoms with E-state index in [2.05, 4.69) is 10.6 Å². The van der Waals surface area contributed by atoms with Crippen molar-refractivity contribution in [3.63, 3.8) is 0 Å². The predicted molar refractivity (Wildman–Crippen MR) is 105 cm³/mol. The maximum Gasteiger partial charge on any atom is 0.236 e. The predicted octanol–water partition coefficient (Wildman–Crippen LogP) is -0.475. The topological polar surface area (TPSA) is 110 Å². The number of hydrogen-bond acceptors (Lipinski definition) is 4. The Morgan fingerprint density at radius 2 is 0.964 bits per heavy atom. The fraction of sp³-hybridized carbons (Fsp3) is 0.200. The van der Waals surface area contributed by atoms with Gasteiger partial charge in [-0.05, 0) is 35.4 Å². The maximum absolute atomic E-state index is 10.2. The summed E-state index contributed by atoms with van der Waals surface area (Å²) in [6, 6.07) is 12.7. The van der Waals surface area contributed by atoms with Crippen LogP contribution >= 0.6 is 0 Å². The first kappa shape index (κ1) is 22.4. The zero-order valence-corrected chi connectivity index (χ0v) is 16.3. The molecule has 0 unspecified atom stereocenters. The van der Waals surface area contributed by atoms with Crippen LogP contribution in [0.15, 0.2) is 48.5 Å². The van der Waals surface area contributed by atoms with Crippen LogP contribution in [0.3, 0.4) is 0 Å². The van der Waals surface area contributed by atoms with Crippen LogP contribution in [0.4, 0.5) is 11.4 Å². The van der Waals surface area contributed by atoms with Crippen LogP contribution in [-0.4, -0.2) is 62.0 Å². The average molecular weight is 384 g/mol. The third-order valence-electron chi connectivity index (χ3n) is 3.22. The number of nitrogens with one attached hydrogen (secondary N) is 2. The molecule has 0 saturated carbocycles. The van der Waals surface area contributed by atoms with E-state index < -0.39 is 11.9 Å². The lowest BCUT2D eigenvalue weighted by atomic mass is 10.1. The number of anilines is 2. The number of nitrogens with zero attached hydrogens (tertiary/aromatic N) is 2. The van der Waals surface area contributed by atoms with E-state index in [4.69, 9.17) is 0 Å². The van der Waals surface area contributed by atoms with Gasteiger partial charge in [0, 0.05) is 0 Å². The van der Waals surface area contributed by atoms with Gasteiger partial charge in [-0.15, -0.1) is 0 Å². The van der Waals surface area contributed by atoms with Gasteiger partial charge in [0.1, 0.15) is 11.4 Å². The second-order valence-electron chi connectivity index (χ2n) is 6.20. The van der Waals surface area contributed by atoms with Crippen molar-refractivity contribution in [2.75, 3.05) is 38.8 Å². The van der Waals surface area contributed by atoms with Gasteiger partial charge in [0.15, 0.2) is 0 Å². The first-order chi connectivity index (χ1) is 13.2. The highest BCUT2D eigenvalue weighted by molar-refractivity contribution is 5.89. The minimum absolute atomic E-state index is 0.0556. The largest absolute Gasteiger partial charge is 0.545 e. The van der Waals surface area contributed by atoms with E-state index in [0.717, 1.165) is 35.6 Å². The van der Waals surface area contributed by atoms with Crippen LogP contribution in [0, 0.1) is 0 Å². The average Bonchev–Trinajstić information content (AvgIpc) is 2.66. The van der Waals surface area contributed by atoms with Gasteiger partial charge >= 0.3 is 0 Å². The number of carboxylic acid groups (broad SMARTS) is 2. The molecule has 28 heavy (non-hydrogen) atoms. The lowest BCUT2D eigenvalue weighted by Gasteiger charge is -2.04. The van der Waals surface area contributed by atoms with Crippen molar-refractivity contribution < 1.29 is 29.0 Å². The summed E-state index contributed by atoms with van der Waals surface area (Å²) in [4.78, 5) is 20.4. The molecular weight excluding hydrogens is 360 g/mol. The van der Waals surface area contributed by atoms with E-state index >= 15 is 0 Å². The summed E-state index contributed by atoms with van der Waals surface area (Å²) < 4.78 is 3.93. The molecule has 0 saturated heterocycles. The molecule has 8 heteroatoms. The van der Waals surface area contributed by atoms with Crippen molar-refractivity contribution in [1.29, 1.82) is 0 Å². The third-order valence-corrected chi connectivity index (χ3v) is 3.22. The van der Waals surface area contributed by atoms with Gasteiger partial charge in [0.05, 0.1) is 40.1 Å². The van der Waals surface area contributed by atoms with Crippen LogP contribution in [0.2, 0.25) is 0 Å². The molecule has 2 aromatic carbocycles. The van der Waals surface area contributed by atoms with E-state index in [1.807, 2.05) is 74.3 Å². The van der Waals surface area contributed by atoms with Gasteiger partial charge in [0.25, 0.3) is 0 Å². The van der Waals surface area contributed by atoms with Crippen molar-refractivity contribution >= 4 is 36.0 Å². The molecule has 0 spiro atoms. The molecule has 148 valence electrons. The number of aromatic carboxylic acids is 2. The van der Waals surface area contributed by atoms with E-state index in [-0.39, 0.29) is 11.1 Å². The molecule has 2 rings (SSSR count). The maximum atomic E-state index is 10.2. The number of carboxylic acids is 2. The van der Waals surface area contributed by atoms with Crippen LogP contribution in [0.25, 0.3) is 0 Å². The number of hydrogen-bond donors (Lipinski definition) is 2. The molecule has 0 atom stereocenters. The first-order valence-corrected chi connectivity index (χ1v) is 8.34. The Labute approximate surface area is 164 Å². The number of carbonyl (C=O) groups is 2. The normalized spacial score (nSPS) is 9.29. The van der Waals surface area contributed by atoms with Gasteiger partial charge in [-0.2, -0.15) is 0 Å². The van der Waals surface area contributed by atoms with Gasteiger partial charge in [-0.3, -0.25) is 9.15 Å². The Balaban J connectivity index is 0.000000292. The number of rotatable bonds is 6. The molecule has 2 N–H and O–H groups in total. The van der Waals surface area contributed by atoms with Crippen molar-refractivity contribution in [3.8, 4) is 0 Å². The summed E-state index contributed by atoms with van der Waals surface area (Å²) in [6.45, 7) is 0. The number of carbonyl (C=O) groups excluding carboxylic acids is 2. The summed E-state index contributed by atoms with van der Waals surface area (Å²) in [7, 11) is 7.92. The second kappa shape index (κ2) is 11.1. The highest BCUT2D eigenvalue weighted by Crippen LogP contribution is 2.11. The molecule has 0 heterocycles. The Bertz CT molecular complexity index is 777. The molecule has 8 nitrogen and oxygen atoms in total. The number of benzene rings is 2. The zero-order chi connectivity index (χ0) is 21.1. The van der Waals surface area contributed by atoms with Crippen LogP contribution < -0.4 is 20.8 Å². The van der Waals surface area contributed by atoms with E-state index in [9.17, 15) is 19.8 Å². The monoisotopic (exact) mass is 384 g/mol. The molecule has 0 aliphatic heterocycles. The van der Waals surface area contributed by atoms with Crippen molar-refractivity contribution in [2.24, 2.45) is 0 Å². The fourth-order valence-corrected chi connectivity index (χ4v) is 1.81. The molecule has 0 aromatic heterocycles. The standard InChI is InChI=1S/C12H18N4.C8H6O4/c1-15(2)9-13-11-5-7-12(8-6-11)14-10-16(3)4;9-7(10)5-1-2-6(4-3-5)8(11)12/h5-10H,1-4H3;1-4H,(H,9,10)(H,11,12). The van der Waals surface area contributed by atoms with Crippen molar-refractivity contribution in [3.05, 3.63) is 59.7 Å². The van der Waals surface area contributed by atoms with Gasteiger partial charge in [-0.1, -0.05) is 24.3 Å². The minimum atomic E-state index is -1.33. The zero-order valence-electron chi connectivity index (χ0n) is 16.3. The quantitative estimate of drug-likeness (QED) is 0.396.